The highest BCUT2D eigenvalue weighted by atomic mass is 16.6. The van der Waals surface area contributed by atoms with Crippen molar-refractivity contribution in [1.29, 1.82) is 0 Å². The number of carbonyl (C=O) groups excluding carboxylic acids is 3. The molecule has 0 aliphatic rings. The summed E-state index contributed by atoms with van der Waals surface area (Å²) in [6.07, 6.45) is 93.2. The third kappa shape index (κ3) is 67.0. The Hall–Kier alpha value is -3.67. The zero-order chi connectivity index (χ0) is 58.5. The van der Waals surface area contributed by atoms with Crippen LogP contribution in [-0.4, -0.2) is 37.2 Å². The van der Waals surface area contributed by atoms with Crippen molar-refractivity contribution in [2.24, 2.45) is 0 Å². The molecule has 0 saturated heterocycles. The molecular formula is C75H130O6. The average molecular weight is 1130 g/mol. The SMILES string of the molecule is CC/C=C\C/C=C\C/C=C\C/C=C\CCCCCCCCCCCCCCC(=O)OCC(COC(=O)CC/C=C\C/C=C\C/C=C\C/C=C\CC)OC(=O)CCCCCCCCCCCCCCCCCCCCCCCCCCC. The fourth-order valence-electron chi connectivity index (χ4n) is 9.98. The summed E-state index contributed by atoms with van der Waals surface area (Å²) in [4.78, 5) is 38.4. The van der Waals surface area contributed by atoms with Gasteiger partial charge in [-0.3, -0.25) is 14.4 Å². The van der Waals surface area contributed by atoms with Gasteiger partial charge in [-0.2, -0.15) is 0 Å². The molecule has 6 nitrogen and oxygen atoms in total. The van der Waals surface area contributed by atoms with Gasteiger partial charge in [-0.25, -0.2) is 0 Å². The second kappa shape index (κ2) is 68.8. The Bertz CT molecular complexity index is 1580. The van der Waals surface area contributed by atoms with E-state index in [1.165, 1.54) is 205 Å². The fourth-order valence-corrected chi connectivity index (χ4v) is 9.98. The van der Waals surface area contributed by atoms with Crippen LogP contribution in [-0.2, 0) is 28.6 Å². The predicted molar refractivity (Wildman–Crippen MR) is 353 cm³/mol. The van der Waals surface area contributed by atoms with Crippen molar-refractivity contribution < 1.29 is 28.6 Å². The van der Waals surface area contributed by atoms with Crippen molar-refractivity contribution in [3.05, 3.63) is 97.2 Å². The average Bonchev–Trinajstić information content (AvgIpc) is 3.46. The van der Waals surface area contributed by atoms with Crippen molar-refractivity contribution in [2.75, 3.05) is 13.2 Å². The molecule has 0 aliphatic carbocycles. The van der Waals surface area contributed by atoms with Crippen LogP contribution in [0.1, 0.15) is 342 Å². The molecular weight excluding hydrogens is 997 g/mol. The number of hydrogen-bond donors (Lipinski definition) is 0. The topological polar surface area (TPSA) is 78.9 Å². The lowest BCUT2D eigenvalue weighted by atomic mass is 10.0. The first kappa shape index (κ1) is 77.3. The summed E-state index contributed by atoms with van der Waals surface area (Å²) in [7, 11) is 0. The molecule has 466 valence electrons. The number of esters is 3. The third-order valence-corrected chi connectivity index (χ3v) is 15.1. The molecule has 0 heterocycles. The molecule has 0 radical (unpaired) electrons. The molecule has 0 fully saturated rings. The van der Waals surface area contributed by atoms with Gasteiger partial charge >= 0.3 is 17.9 Å². The van der Waals surface area contributed by atoms with Crippen molar-refractivity contribution >= 4 is 17.9 Å². The Kier molecular flexibility index (Phi) is 65.7. The van der Waals surface area contributed by atoms with E-state index in [9.17, 15) is 14.4 Å². The summed E-state index contributed by atoms with van der Waals surface area (Å²) >= 11 is 0. The summed E-state index contributed by atoms with van der Waals surface area (Å²) in [5.41, 5.74) is 0. The van der Waals surface area contributed by atoms with Crippen LogP contribution in [0.2, 0.25) is 0 Å². The van der Waals surface area contributed by atoms with E-state index in [4.69, 9.17) is 14.2 Å². The maximum absolute atomic E-state index is 12.9. The molecule has 1 unspecified atom stereocenters. The van der Waals surface area contributed by atoms with Gasteiger partial charge < -0.3 is 14.2 Å². The molecule has 0 aromatic heterocycles. The molecule has 0 spiro atoms. The van der Waals surface area contributed by atoms with E-state index in [0.29, 0.717) is 19.3 Å². The Balaban J connectivity index is 4.29. The molecule has 0 amide bonds. The van der Waals surface area contributed by atoms with E-state index in [-0.39, 0.29) is 37.5 Å². The van der Waals surface area contributed by atoms with Crippen LogP contribution in [0.3, 0.4) is 0 Å². The molecule has 0 aromatic rings. The van der Waals surface area contributed by atoms with Crippen molar-refractivity contribution in [3.63, 3.8) is 0 Å². The fraction of sp³-hybridized carbons (Fsp3) is 0.747. The number of rotatable bonds is 63. The molecule has 0 N–H and O–H groups in total. The first-order chi connectivity index (χ1) is 40.0. The summed E-state index contributed by atoms with van der Waals surface area (Å²) in [6.45, 7) is 6.39. The Morgan fingerprint density at radius 1 is 0.259 bits per heavy atom. The maximum Gasteiger partial charge on any atom is 0.306 e. The highest BCUT2D eigenvalue weighted by Crippen LogP contribution is 2.18. The number of hydrogen-bond acceptors (Lipinski definition) is 6. The van der Waals surface area contributed by atoms with E-state index < -0.39 is 6.10 Å². The summed E-state index contributed by atoms with van der Waals surface area (Å²) in [5.74, 6) is -0.968. The first-order valence-corrected chi connectivity index (χ1v) is 34.7. The van der Waals surface area contributed by atoms with Crippen molar-refractivity contribution in [3.8, 4) is 0 Å². The lowest BCUT2D eigenvalue weighted by molar-refractivity contribution is -0.166. The Labute approximate surface area is 502 Å². The number of ether oxygens (including phenoxy) is 3. The van der Waals surface area contributed by atoms with Crippen molar-refractivity contribution in [1.82, 2.24) is 0 Å². The molecule has 81 heavy (non-hydrogen) atoms. The minimum Gasteiger partial charge on any atom is -0.462 e. The van der Waals surface area contributed by atoms with Crippen LogP contribution in [0.4, 0.5) is 0 Å². The zero-order valence-corrected chi connectivity index (χ0v) is 53.5. The van der Waals surface area contributed by atoms with Crippen LogP contribution in [0.25, 0.3) is 0 Å². The van der Waals surface area contributed by atoms with Crippen LogP contribution < -0.4 is 0 Å². The second-order valence-electron chi connectivity index (χ2n) is 23.0. The van der Waals surface area contributed by atoms with Gasteiger partial charge in [0.1, 0.15) is 13.2 Å². The van der Waals surface area contributed by atoms with E-state index in [0.717, 1.165) is 89.9 Å². The minimum atomic E-state index is -0.807. The van der Waals surface area contributed by atoms with Gasteiger partial charge in [0.2, 0.25) is 0 Å². The van der Waals surface area contributed by atoms with E-state index >= 15 is 0 Å². The van der Waals surface area contributed by atoms with Gasteiger partial charge in [0.25, 0.3) is 0 Å². The smallest absolute Gasteiger partial charge is 0.306 e. The monoisotopic (exact) mass is 1130 g/mol. The zero-order valence-electron chi connectivity index (χ0n) is 53.5. The highest BCUT2D eigenvalue weighted by Gasteiger charge is 2.19. The predicted octanol–water partition coefficient (Wildman–Crippen LogP) is 24.0. The lowest BCUT2D eigenvalue weighted by Gasteiger charge is -2.18. The van der Waals surface area contributed by atoms with Gasteiger partial charge in [0.05, 0.1) is 0 Å². The summed E-state index contributed by atoms with van der Waals surface area (Å²) < 4.78 is 16.9. The summed E-state index contributed by atoms with van der Waals surface area (Å²) in [6, 6.07) is 0. The minimum absolute atomic E-state index is 0.0977. The van der Waals surface area contributed by atoms with Gasteiger partial charge in [-0.15, -0.1) is 0 Å². The van der Waals surface area contributed by atoms with Crippen LogP contribution >= 0.6 is 0 Å². The highest BCUT2D eigenvalue weighted by molar-refractivity contribution is 5.71. The number of allylic oxidation sites excluding steroid dienone is 16. The van der Waals surface area contributed by atoms with Gasteiger partial charge in [-0.05, 0) is 83.5 Å². The van der Waals surface area contributed by atoms with E-state index in [2.05, 4.69) is 112 Å². The van der Waals surface area contributed by atoms with E-state index in [1.807, 2.05) is 6.08 Å². The number of carbonyl (C=O) groups is 3. The van der Waals surface area contributed by atoms with Gasteiger partial charge in [0, 0.05) is 19.3 Å². The molecule has 0 aromatic carbocycles. The third-order valence-electron chi connectivity index (χ3n) is 15.1. The van der Waals surface area contributed by atoms with E-state index in [1.54, 1.807) is 0 Å². The first-order valence-electron chi connectivity index (χ1n) is 34.7. The van der Waals surface area contributed by atoms with Crippen LogP contribution in [0.15, 0.2) is 97.2 Å². The summed E-state index contributed by atoms with van der Waals surface area (Å²) in [5, 5.41) is 0. The molecule has 0 saturated carbocycles. The van der Waals surface area contributed by atoms with Gasteiger partial charge in [0.15, 0.2) is 6.10 Å². The Morgan fingerprint density at radius 3 is 0.827 bits per heavy atom. The number of unbranched alkanes of at least 4 members (excludes halogenated alkanes) is 36. The van der Waals surface area contributed by atoms with Crippen LogP contribution in [0, 0.1) is 0 Å². The molecule has 0 rings (SSSR count). The van der Waals surface area contributed by atoms with Crippen LogP contribution in [0.5, 0.6) is 0 Å². The molecule has 6 heteroatoms. The molecule has 0 bridgehead atoms. The quantitative estimate of drug-likeness (QED) is 0.0261. The second-order valence-corrected chi connectivity index (χ2v) is 23.0. The van der Waals surface area contributed by atoms with Gasteiger partial charge in [-0.1, -0.05) is 336 Å². The molecule has 1 atom stereocenters. The largest absolute Gasteiger partial charge is 0.462 e. The Morgan fingerprint density at radius 2 is 0.506 bits per heavy atom. The maximum atomic E-state index is 12.9. The van der Waals surface area contributed by atoms with Crippen molar-refractivity contribution in [2.45, 2.75) is 348 Å². The lowest BCUT2D eigenvalue weighted by Crippen LogP contribution is -2.30. The molecule has 0 aliphatic heterocycles. The normalized spacial score (nSPS) is 12.7. The standard InChI is InChI=1S/C75H130O6/c1-4-7-10-13-16-19-22-25-27-29-31-33-35-37-39-41-43-45-47-50-53-56-59-62-65-68-74(77)80-71-72(70-79-73(76)67-64-61-58-55-52-49-24-21-18-15-12-9-6-3)81-75(78)69-66-63-60-57-54-51-48-46-44-42-40-38-36-34-32-30-28-26-23-20-17-14-11-8-5-2/h7,9-10,12,16,18-19,21,25,27,31,33,49,52,58,61,72H,4-6,8,11,13-15,17,20,22-24,26,28-30,32,34-48,50-51,53-57,59-60,62-71H2,1-3H3/b10-7-,12-9-,19-16-,21-18-,27-25-,33-31-,52-49-,61-58-.